The minimum absolute atomic E-state index is 0.629. The largest absolute Gasteiger partial charge is 0.496 e. The first-order chi connectivity index (χ1) is 8.74. The third-order valence-corrected chi connectivity index (χ3v) is 4.48. The van der Waals surface area contributed by atoms with E-state index >= 15 is 0 Å². The average Bonchev–Trinajstić information content (AvgIpc) is 2.27. The lowest BCUT2D eigenvalue weighted by Gasteiger charge is -2.34. The summed E-state index contributed by atoms with van der Waals surface area (Å²) in [5.74, 6) is 1.77. The van der Waals surface area contributed by atoms with Crippen molar-refractivity contribution in [2.24, 2.45) is 5.92 Å². The van der Waals surface area contributed by atoms with Gasteiger partial charge in [0.1, 0.15) is 5.75 Å². The van der Waals surface area contributed by atoms with Gasteiger partial charge in [0.05, 0.1) is 11.6 Å². The van der Waals surface area contributed by atoms with Gasteiger partial charge in [-0.25, -0.2) is 0 Å². The van der Waals surface area contributed by atoms with Crippen LogP contribution in [0.25, 0.3) is 0 Å². The molecule has 2 nitrogen and oxygen atoms in total. The number of benzene rings is 1. The van der Waals surface area contributed by atoms with Crippen LogP contribution in [0.5, 0.6) is 5.75 Å². The monoisotopic (exact) mass is 311 g/mol. The molecule has 0 aliphatic heterocycles. The molecule has 0 heterocycles. The maximum absolute atomic E-state index is 5.27. The van der Waals surface area contributed by atoms with Crippen LogP contribution in [0.15, 0.2) is 22.7 Å². The quantitative estimate of drug-likeness (QED) is 0.863. The summed E-state index contributed by atoms with van der Waals surface area (Å²) < 4.78 is 6.32. The molecule has 0 radical (unpaired) electrons. The molecule has 2 rings (SSSR count). The van der Waals surface area contributed by atoms with E-state index in [9.17, 15) is 0 Å². The fourth-order valence-electron chi connectivity index (χ4n) is 2.60. The molecule has 1 saturated carbocycles. The Balaban J connectivity index is 2.03. The Bertz CT molecular complexity index is 390. The number of nitrogens with one attached hydrogen (secondary N) is 1. The molecule has 1 aliphatic rings. The molecule has 0 saturated heterocycles. The second kappa shape index (κ2) is 6.58. The van der Waals surface area contributed by atoms with Crippen LogP contribution in [0.2, 0.25) is 0 Å². The minimum atomic E-state index is 0.629. The molecular weight excluding hydrogens is 290 g/mol. The van der Waals surface area contributed by atoms with Crippen molar-refractivity contribution < 1.29 is 4.74 Å². The molecule has 1 aromatic rings. The maximum atomic E-state index is 5.27. The Kier molecular flexibility index (Phi) is 5.07. The molecule has 3 heteroatoms. The molecule has 18 heavy (non-hydrogen) atoms. The number of halogens is 1. The first-order valence-electron chi connectivity index (χ1n) is 6.80. The van der Waals surface area contributed by atoms with E-state index in [1.807, 2.05) is 6.07 Å². The number of hydrogen-bond acceptors (Lipinski definition) is 2. The molecule has 100 valence electrons. The van der Waals surface area contributed by atoms with Crippen molar-refractivity contribution in [2.45, 2.75) is 38.6 Å². The zero-order chi connectivity index (χ0) is 13.0. The zero-order valence-corrected chi connectivity index (χ0v) is 12.8. The number of likely N-dealkylation sites (N-methyl/N-ethyl adjacent to an activating group) is 1. The molecule has 1 unspecified atom stereocenters. The summed E-state index contributed by atoms with van der Waals surface area (Å²) in [6.07, 6.45) is 5.28. The van der Waals surface area contributed by atoms with Gasteiger partial charge in [-0.2, -0.15) is 0 Å². The van der Waals surface area contributed by atoms with Gasteiger partial charge in [0, 0.05) is 6.04 Å². The molecular formula is C15H22BrNO. The van der Waals surface area contributed by atoms with Crippen LogP contribution in [-0.2, 0) is 6.42 Å². The van der Waals surface area contributed by atoms with Gasteiger partial charge in [0.25, 0.3) is 0 Å². The lowest BCUT2D eigenvalue weighted by atomic mass is 9.77. The normalized spacial score (nSPS) is 17.3. The average molecular weight is 312 g/mol. The van der Waals surface area contributed by atoms with E-state index in [2.05, 4.69) is 40.3 Å². The smallest absolute Gasteiger partial charge is 0.133 e. The summed E-state index contributed by atoms with van der Waals surface area (Å²) in [4.78, 5) is 0. The highest BCUT2D eigenvalue weighted by Crippen LogP contribution is 2.32. The lowest BCUT2D eigenvalue weighted by molar-refractivity contribution is 0.229. The molecule has 0 aromatic heterocycles. The van der Waals surface area contributed by atoms with Gasteiger partial charge in [-0.3, -0.25) is 0 Å². The van der Waals surface area contributed by atoms with Gasteiger partial charge < -0.3 is 10.1 Å². The van der Waals surface area contributed by atoms with E-state index < -0.39 is 0 Å². The fraction of sp³-hybridized carbons (Fsp3) is 0.600. The van der Waals surface area contributed by atoms with Crippen LogP contribution in [0.3, 0.4) is 0 Å². The number of rotatable bonds is 6. The zero-order valence-electron chi connectivity index (χ0n) is 11.2. The highest BCUT2D eigenvalue weighted by atomic mass is 79.9. The Morgan fingerprint density at radius 3 is 2.72 bits per heavy atom. The Morgan fingerprint density at radius 2 is 2.22 bits per heavy atom. The molecule has 0 amide bonds. The summed E-state index contributed by atoms with van der Waals surface area (Å²) in [6.45, 7) is 3.24. The SMILES string of the molecule is CCNC(Cc1ccc(OC)c(Br)c1)C1CCC1. The van der Waals surface area contributed by atoms with Crippen molar-refractivity contribution in [3.8, 4) is 5.75 Å². The number of ether oxygens (including phenoxy) is 1. The van der Waals surface area contributed by atoms with Crippen molar-refractivity contribution in [1.82, 2.24) is 5.32 Å². The van der Waals surface area contributed by atoms with E-state index in [4.69, 9.17) is 4.74 Å². The Labute approximate surface area is 118 Å². The molecule has 1 fully saturated rings. The number of methoxy groups -OCH3 is 1. The number of hydrogen-bond donors (Lipinski definition) is 1. The van der Waals surface area contributed by atoms with E-state index in [-0.39, 0.29) is 0 Å². The van der Waals surface area contributed by atoms with Crippen molar-refractivity contribution in [2.75, 3.05) is 13.7 Å². The van der Waals surface area contributed by atoms with E-state index in [1.165, 1.54) is 24.8 Å². The fourth-order valence-corrected chi connectivity index (χ4v) is 3.19. The van der Waals surface area contributed by atoms with Crippen LogP contribution in [0.4, 0.5) is 0 Å². The van der Waals surface area contributed by atoms with Gasteiger partial charge in [0.15, 0.2) is 0 Å². The van der Waals surface area contributed by atoms with Crippen molar-refractivity contribution >= 4 is 15.9 Å². The van der Waals surface area contributed by atoms with Gasteiger partial charge in [-0.15, -0.1) is 0 Å². The van der Waals surface area contributed by atoms with Gasteiger partial charge in [-0.05, 0) is 65.4 Å². The summed E-state index contributed by atoms with van der Waals surface area (Å²) in [5.41, 5.74) is 1.38. The molecule has 1 aromatic carbocycles. The van der Waals surface area contributed by atoms with Crippen LogP contribution >= 0.6 is 15.9 Å². The summed E-state index contributed by atoms with van der Waals surface area (Å²) >= 11 is 3.56. The molecule has 1 aliphatic carbocycles. The molecule has 1 atom stereocenters. The second-order valence-corrected chi connectivity index (χ2v) is 5.88. The van der Waals surface area contributed by atoms with Crippen LogP contribution in [0.1, 0.15) is 31.7 Å². The Hall–Kier alpha value is -0.540. The standard InChI is InChI=1S/C15H22BrNO/c1-3-17-14(12-5-4-6-12)10-11-7-8-15(18-2)13(16)9-11/h7-9,12,14,17H,3-6,10H2,1-2H3. The third-order valence-electron chi connectivity index (χ3n) is 3.86. The van der Waals surface area contributed by atoms with Crippen molar-refractivity contribution in [3.63, 3.8) is 0 Å². The van der Waals surface area contributed by atoms with Gasteiger partial charge >= 0.3 is 0 Å². The van der Waals surface area contributed by atoms with Crippen molar-refractivity contribution in [3.05, 3.63) is 28.2 Å². The first-order valence-corrected chi connectivity index (χ1v) is 7.59. The highest BCUT2D eigenvalue weighted by Gasteiger charge is 2.26. The summed E-state index contributed by atoms with van der Waals surface area (Å²) in [5, 5.41) is 3.63. The molecule has 0 bridgehead atoms. The topological polar surface area (TPSA) is 21.3 Å². The molecule has 1 N–H and O–H groups in total. The summed E-state index contributed by atoms with van der Waals surface area (Å²) in [6, 6.07) is 7.03. The maximum Gasteiger partial charge on any atom is 0.133 e. The first kappa shape index (κ1) is 13.9. The van der Waals surface area contributed by atoms with E-state index in [0.29, 0.717) is 6.04 Å². The van der Waals surface area contributed by atoms with Gasteiger partial charge in [-0.1, -0.05) is 19.4 Å². The van der Waals surface area contributed by atoms with Crippen LogP contribution < -0.4 is 10.1 Å². The summed E-state index contributed by atoms with van der Waals surface area (Å²) in [7, 11) is 1.70. The van der Waals surface area contributed by atoms with Gasteiger partial charge in [0.2, 0.25) is 0 Å². The molecule has 0 spiro atoms. The van der Waals surface area contributed by atoms with E-state index in [1.54, 1.807) is 7.11 Å². The van der Waals surface area contributed by atoms with E-state index in [0.717, 1.165) is 29.1 Å². The second-order valence-electron chi connectivity index (χ2n) is 5.03. The van der Waals surface area contributed by atoms with Crippen molar-refractivity contribution in [1.29, 1.82) is 0 Å². The minimum Gasteiger partial charge on any atom is -0.496 e. The van der Waals surface area contributed by atoms with Crippen LogP contribution in [-0.4, -0.2) is 19.7 Å². The van der Waals surface area contributed by atoms with Crippen LogP contribution in [0, 0.1) is 5.92 Å². The predicted molar refractivity (Wildman–Crippen MR) is 79.2 cm³/mol. The highest BCUT2D eigenvalue weighted by molar-refractivity contribution is 9.10. The third kappa shape index (κ3) is 3.27. The Morgan fingerprint density at radius 1 is 1.44 bits per heavy atom. The predicted octanol–water partition coefficient (Wildman–Crippen LogP) is 3.78. The lowest BCUT2D eigenvalue weighted by Crippen LogP contribution is -2.41.